The maximum Gasteiger partial charge on any atom is 0.434 e. The molecule has 0 aromatic heterocycles. The second-order valence-corrected chi connectivity index (χ2v) is 7.43. The van der Waals surface area contributed by atoms with Crippen molar-refractivity contribution in [3.05, 3.63) is 35.5 Å². The normalized spacial score (nSPS) is 25.8. The number of esters is 1. The van der Waals surface area contributed by atoms with Crippen LogP contribution in [0.2, 0.25) is 0 Å². The van der Waals surface area contributed by atoms with E-state index >= 15 is 0 Å². The van der Waals surface area contributed by atoms with Crippen molar-refractivity contribution in [2.45, 2.75) is 52.6 Å². The number of allylic oxidation sites excluding steroid dienone is 3. The van der Waals surface area contributed by atoms with Crippen LogP contribution in [0.1, 0.15) is 47.0 Å². The predicted molar refractivity (Wildman–Crippen MR) is 98.2 cm³/mol. The zero-order chi connectivity index (χ0) is 19.2. The van der Waals surface area contributed by atoms with E-state index in [1.165, 1.54) is 5.06 Å². The van der Waals surface area contributed by atoms with Crippen molar-refractivity contribution in [3.8, 4) is 0 Å². The Kier molecular flexibility index (Phi) is 7.03. The molecule has 1 fully saturated rings. The molecule has 1 unspecified atom stereocenters. The van der Waals surface area contributed by atoms with Crippen molar-refractivity contribution in [3.63, 3.8) is 0 Å². The number of ether oxygens (including phenoxy) is 2. The van der Waals surface area contributed by atoms with Crippen molar-refractivity contribution in [1.29, 1.82) is 0 Å². The Morgan fingerprint density at radius 1 is 1.38 bits per heavy atom. The molecule has 1 atom stereocenters. The molecular formula is C20H29NO5. The molecule has 6 nitrogen and oxygen atoms in total. The minimum Gasteiger partial charge on any atom is -0.463 e. The van der Waals surface area contributed by atoms with Gasteiger partial charge in [-0.25, -0.2) is 9.59 Å². The molecule has 1 aliphatic carbocycles. The summed E-state index contributed by atoms with van der Waals surface area (Å²) >= 11 is 0. The van der Waals surface area contributed by atoms with Gasteiger partial charge in [-0.05, 0) is 58.1 Å². The van der Waals surface area contributed by atoms with E-state index < -0.39 is 11.7 Å². The van der Waals surface area contributed by atoms with E-state index in [-0.39, 0.29) is 18.5 Å². The molecule has 0 bridgehead atoms. The number of amides is 1. The lowest BCUT2D eigenvalue weighted by Gasteiger charge is -2.33. The molecule has 144 valence electrons. The third-order valence-electron chi connectivity index (χ3n) is 3.99. The van der Waals surface area contributed by atoms with Gasteiger partial charge in [0.25, 0.3) is 0 Å². The molecule has 0 saturated carbocycles. The van der Waals surface area contributed by atoms with Crippen LogP contribution in [0.15, 0.2) is 35.5 Å². The Bertz CT molecular complexity index is 612. The number of hydrogen-bond acceptors (Lipinski definition) is 5. The van der Waals surface area contributed by atoms with E-state index in [1.807, 2.05) is 26.8 Å². The molecule has 1 saturated heterocycles. The van der Waals surface area contributed by atoms with Gasteiger partial charge in [-0.1, -0.05) is 18.2 Å². The topological polar surface area (TPSA) is 65.1 Å². The summed E-state index contributed by atoms with van der Waals surface area (Å²) < 4.78 is 10.4. The summed E-state index contributed by atoms with van der Waals surface area (Å²) in [4.78, 5) is 29.6. The number of hydrogen-bond donors (Lipinski definition) is 0. The summed E-state index contributed by atoms with van der Waals surface area (Å²) in [5.74, 6) is -0.282. The summed E-state index contributed by atoms with van der Waals surface area (Å²) in [6.07, 6.45) is 9.99. The molecule has 0 radical (unpaired) electrons. The fourth-order valence-electron chi connectivity index (χ4n) is 2.83. The van der Waals surface area contributed by atoms with Crippen LogP contribution < -0.4 is 0 Å². The molecule has 0 aromatic carbocycles. The molecule has 26 heavy (non-hydrogen) atoms. The highest BCUT2D eigenvalue weighted by Crippen LogP contribution is 2.27. The molecule has 6 heteroatoms. The monoisotopic (exact) mass is 363 g/mol. The Morgan fingerprint density at radius 3 is 2.85 bits per heavy atom. The molecule has 2 aliphatic rings. The van der Waals surface area contributed by atoms with E-state index in [1.54, 1.807) is 13.0 Å². The van der Waals surface area contributed by atoms with Gasteiger partial charge in [0.2, 0.25) is 0 Å². The lowest BCUT2D eigenvalue weighted by atomic mass is 9.95. The molecular weight excluding hydrogens is 334 g/mol. The lowest BCUT2D eigenvalue weighted by molar-refractivity contribution is -0.157. The van der Waals surface area contributed by atoms with Crippen LogP contribution in [0, 0.1) is 5.92 Å². The number of hydroxylamine groups is 2. The number of rotatable bonds is 2. The van der Waals surface area contributed by atoms with Gasteiger partial charge in [0.15, 0.2) is 0 Å². The highest BCUT2D eigenvalue weighted by molar-refractivity contribution is 5.83. The van der Waals surface area contributed by atoms with Crippen LogP contribution in [0.4, 0.5) is 4.79 Å². The van der Waals surface area contributed by atoms with Gasteiger partial charge in [-0.15, -0.1) is 0 Å². The fourth-order valence-corrected chi connectivity index (χ4v) is 2.83. The third-order valence-corrected chi connectivity index (χ3v) is 3.99. The third kappa shape index (κ3) is 6.33. The van der Waals surface area contributed by atoms with Gasteiger partial charge in [0, 0.05) is 12.0 Å². The maximum absolute atomic E-state index is 12.3. The van der Waals surface area contributed by atoms with Crippen molar-refractivity contribution in [2.24, 2.45) is 5.92 Å². The number of carbonyl (C=O) groups excluding carboxylic acids is 2. The Balaban J connectivity index is 2.15. The summed E-state index contributed by atoms with van der Waals surface area (Å²) in [5.41, 5.74) is 1.40. The SMILES string of the molecule is CCOC(=O)/C=C1\C=C2\CON(C(=O)OC(C)(C)C)CC2/C=C\CCC1. The molecule has 1 heterocycles. The second kappa shape index (κ2) is 9.03. The molecule has 1 amide bonds. The van der Waals surface area contributed by atoms with E-state index in [9.17, 15) is 9.59 Å². The minimum absolute atomic E-state index is 0.0416. The first kappa shape index (κ1) is 20.2. The van der Waals surface area contributed by atoms with Crippen LogP contribution in [0.5, 0.6) is 0 Å². The smallest absolute Gasteiger partial charge is 0.434 e. The van der Waals surface area contributed by atoms with Gasteiger partial charge in [0.05, 0.1) is 19.8 Å². The van der Waals surface area contributed by atoms with Gasteiger partial charge in [-0.2, -0.15) is 5.06 Å². The quantitative estimate of drug-likeness (QED) is 0.422. The van der Waals surface area contributed by atoms with E-state index in [0.717, 1.165) is 30.4 Å². The highest BCUT2D eigenvalue weighted by Gasteiger charge is 2.30. The van der Waals surface area contributed by atoms with E-state index in [0.29, 0.717) is 13.2 Å². The van der Waals surface area contributed by atoms with E-state index in [2.05, 4.69) is 12.2 Å². The second-order valence-electron chi connectivity index (χ2n) is 7.43. The molecule has 0 aromatic rings. The van der Waals surface area contributed by atoms with Gasteiger partial charge in [-0.3, -0.25) is 4.84 Å². The standard InChI is InChI=1S/C20H29NO5/c1-5-24-18(22)12-15-9-7-6-8-10-16-13-21(25-14-17(16)11-15)19(23)26-20(2,3)4/h8,10-12,16H,5-7,9,13-14H2,1-4H3/b10-8-,15-12-,17-11-. The first-order valence-electron chi connectivity index (χ1n) is 9.16. The van der Waals surface area contributed by atoms with Crippen molar-refractivity contribution in [2.75, 3.05) is 19.8 Å². The summed E-state index contributed by atoms with van der Waals surface area (Å²) in [6, 6.07) is 0. The van der Waals surface area contributed by atoms with Crippen LogP contribution in [0.3, 0.4) is 0 Å². The van der Waals surface area contributed by atoms with Crippen LogP contribution in [-0.4, -0.2) is 42.5 Å². The van der Waals surface area contributed by atoms with Gasteiger partial charge >= 0.3 is 12.1 Å². The number of nitrogens with zero attached hydrogens (tertiary/aromatic N) is 1. The first-order valence-corrected chi connectivity index (χ1v) is 9.16. The van der Waals surface area contributed by atoms with Gasteiger partial charge in [0.1, 0.15) is 5.60 Å². The Morgan fingerprint density at radius 2 is 2.15 bits per heavy atom. The van der Waals surface area contributed by atoms with E-state index in [4.69, 9.17) is 14.3 Å². The zero-order valence-electron chi connectivity index (χ0n) is 16.1. The average Bonchev–Trinajstić information content (AvgIpc) is 2.63. The highest BCUT2D eigenvalue weighted by atomic mass is 16.7. The zero-order valence-corrected chi connectivity index (χ0v) is 16.1. The Hall–Kier alpha value is -2.08. The van der Waals surface area contributed by atoms with Crippen molar-refractivity contribution < 1.29 is 23.9 Å². The predicted octanol–water partition coefficient (Wildman–Crippen LogP) is 3.94. The number of fused-ring (bicyclic) bond motifs is 1. The summed E-state index contributed by atoms with van der Waals surface area (Å²) in [6.45, 7) is 8.31. The fraction of sp³-hybridized carbons (Fsp3) is 0.600. The minimum atomic E-state index is -0.569. The molecule has 2 rings (SSSR count). The van der Waals surface area contributed by atoms with Crippen LogP contribution >= 0.6 is 0 Å². The van der Waals surface area contributed by atoms with Crippen molar-refractivity contribution in [1.82, 2.24) is 5.06 Å². The first-order chi connectivity index (χ1) is 12.3. The lowest BCUT2D eigenvalue weighted by Crippen LogP contribution is -2.43. The number of carbonyl (C=O) groups is 2. The average molecular weight is 363 g/mol. The summed E-state index contributed by atoms with van der Waals surface area (Å²) in [7, 11) is 0. The largest absolute Gasteiger partial charge is 0.463 e. The van der Waals surface area contributed by atoms with Gasteiger partial charge < -0.3 is 9.47 Å². The maximum atomic E-state index is 12.3. The van der Waals surface area contributed by atoms with Crippen LogP contribution in [0.25, 0.3) is 0 Å². The molecule has 0 N–H and O–H groups in total. The van der Waals surface area contributed by atoms with Crippen molar-refractivity contribution >= 4 is 12.1 Å². The Labute approximate surface area is 155 Å². The molecule has 0 spiro atoms. The molecule has 1 aliphatic heterocycles. The van der Waals surface area contributed by atoms with Crippen LogP contribution in [-0.2, 0) is 19.1 Å². The summed E-state index contributed by atoms with van der Waals surface area (Å²) in [5, 5.41) is 1.28.